The molecule has 0 radical (unpaired) electrons. The molecule has 0 aromatic heterocycles. The van der Waals surface area contributed by atoms with Gasteiger partial charge in [0.15, 0.2) is 0 Å². The topological polar surface area (TPSA) is 41.8 Å². The van der Waals surface area contributed by atoms with Gasteiger partial charge in [-0.05, 0) is 43.4 Å². The fourth-order valence-electron chi connectivity index (χ4n) is 2.20. The summed E-state index contributed by atoms with van der Waals surface area (Å²) in [6.07, 6.45) is -1.27. The lowest BCUT2D eigenvalue weighted by molar-refractivity contribution is -0.137. The average molecular weight is 287 g/mol. The van der Waals surface area contributed by atoms with Crippen LogP contribution in [0.2, 0.25) is 0 Å². The number of hydrogen-bond acceptors (Lipinski definition) is 3. The third-order valence-electron chi connectivity index (χ3n) is 3.42. The van der Waals surface area contributed by atoms with Gasteiger partial charge < -0.3 is 9.94 Å². The first-order chi connectivity index (χ1) is 9.49. The van der Waals surface area contributed by atoms with Crippen LogP contribution in [0.15, 0.2) is 29.4 Å². The van der Waals surface area contributed by atoms with Crippen molar-refractivity contribution in [1.82, 2.24) is 0 Å². The predicted octanol–water partition coefficient (Wildman–Crippen LogP) is 3.99. The zero-order valence-electron chi connectivity index (χ0n) is 10.9. The Bertz CT molecular complexity index is 458. The Morgan fingerprint density at radius 3 is 2.25 bits per heavy atom. The largest absolute Gasteiger partial charge is 0.416 e. The first-order valence-corrected chi connectivity index (χ1v) is 6.46. The van der Waals surface area contributed by atoms with Crippen LogP contribution in [0, 0.1) is 0 Å². The van der Waals surface area contributed by atoms with Crippen molar-refractivity contribution in [2.75, 3.05) is 0 Å². The Balaban J connectivity index is 1.83. The van der Waals surface area contributed by atoms with Gasteiger partial charge in [0.2, 0.25) is 0 Å². The highest BCUT2D eigenvalue weighted by molar-refractivity contribution is 5.84. The van der Waals surface area contributed by atoms with Crippen LogP contribution in [0.1, 0.15) is 36.8 Å². The van der Waals surface area contributed by atoms with Crippen molar-refractivity contribution in [3.8, 4) is 0 Å². The van der Waals surface area contributed by atoms with E-state index >= 15 is 0 Å². The van der Waals surface area contributed by atoms with E-state index in [1.807, 2.05) is 0 Å². The molecule has 0 atom stereocenters. The third kappa shape index (κ3) is 3.96. The molecular formula is C14H16F3NO2. The molecule has 0 saturated heterocycles. The lowest BCUT2D eigenvalue weighted by Gasteiger charge is -2.22. The number of hydrogen-bond donors (Lipinski definition) is 1. The number of rotatable bonds is 3. The Kier molecular flexibility index (Phi) is 4.65. The normalized spacial score (nSPS) is 19.9. The number of halogens is 3. The molecule has 1 aromatic carbocycles. The lowest BCUT2D eigenvalue weighted by Crippen LogP contribution is -2.21. The van der Waals surface area contributed by atoms with E-state index < -0.39 is 11.7 Å². The predicted molar refractivity (Wildman–Crippen MR) is 67.7 cm³/mol. The SMILES string of the molecule is ON=C1CCC(OCc2ccc(C(F)(F)F)cc2)CC1. The molecule has 3 nitrogen and oxygen atoms in total. The third-order valence-corrected chi connectivity index (χ3v) is 3.42. The zero-order chi connectivity index (χ0) is 14.6. The number of ether oxygens (including phenoxy) is 1. The van der Waals surface area contributed by atoms with Crippen molar-refractivity contribution in [2.24, 2.45) is 5.16 Å². The van der Waals surface area contributed by atoms with Crippen LogP contribution in [0.4, 0.5) is 13.2 Å². The maximum Gasteiger partial charge on any atom is 0.416 e. The van der Waals surface area contributed by atoms with E-state index in [4.69, 9.17) is 9.94 Å². The van der Waals surface area contributed by atoms with Gasteiger partial charge in [-0.2, -0.15) is 13.2 Å². The fourth-order valence-corrected chi connectivity index (χ4v) is 2.20. The average Bonchev–Trinajstić information content (AvgIpc) is 2.45. The van der Waals surface area contributed by atoms with E-state index in [0.29, 0.717) is 19.4 Å². The molecule has 0 spiro atoms. The minimum Gasteiger partial charge on any atom is -0.411 e. The molecule has 0 aliphatic heterocycles. The molecule has 2 rings (SSSR count). The fraction of sp³-hybridized carbons (Fsp3) is 0.500. The summed E-state index contributed by atoms with van der Waals surface area (Å²) in [4.78, 5) is 0. The molecular weight excluding hydrogens is 271 g/mol. The van der Waals surface area contributed by atoms with E-state index in [1.165, 1.54) is 12.1 Å². The van der Waals surface area contributed by atoms with Crippen LogP contribution >= 0.6 is 0 Å². The molecule has 20 heavy (non-hydrogen) atoms. The summed E-state index contributed by atoms with van der Waals surface area (Å²) in [5, 5.41) is 11.8. The van der Waals surface area contributed by atoms with Crippen LogP contribution in [0.25, 0.3) is 0 Å². The summed E-state index contributed by atoms with van der Waals surface area (Å²) in [6, 6.07) is 5.00. The smallest absolute Gasteiger partial charge is 0.411 e. The highest BCUT2D eigenvalue weighted by atomic mass is 19.4. The van der Waals surface area contributed by atoms with Crippen molar-refractivity contribution in [3.05, 3.63) is 35.4 Å². The lowest BCUT2D eigenvalue weighted by atomic mass is 9.96. The van der Waals surface area contributed by atoms with Crippen LogP contribution < -0.4 is 0 Å². The molecule has 1 N–H and O–H groups in total. The van der Waals surface area contributed by atoms with Gasteiger partial charge in [0.05, 0.1) is 24.0 Å². The second-order valence-corrected chi connectivity index (χ2v) is 4.87. The zero-order valence-corrected chi connectivity index (χ0v) is 10.9. The van der Waals surface area contributed by atoms with E-state index in [-0.39, 0.29) is 6.10 Å². The highest BCUT2D eigenvalue weighted by Crippen LogP contribution is 2.29. The van der Waals surface area contributed by atoms with Crippen molar-refractivity contribution in [3.63, 3.8) is 0 Å². The van der Waals surface area contributed by atoms with Crippen molar-refractivity contribution in [2.45, 2.75) is 44.6 Å². The van der Waals surface area contributed by atoms with E-state index in [0.717, 1.165) is 36.2 Å². The minimum atomic E-state index is -4.30. The number of nitrogens with zero attached hydrogens (tertiary/aromatic N) is 1. The van der Waals surface area contributed by atoms with Gasteiger partial charge in [0.1, 0.15) is 0 Å². The molecule has 1 aliphatic rings. The maximum atomic E-state index is 12.4. The van der Waals surface area contributed by atoms with Gasteiger partial charge in [-0.1, -0.05) is 17.3 Å². The van der Waals surface area contributed by atoms with Gasteiger partial charge in [-0.15, -0.1) is 0 Å². The van der Waals surface area contributed by atoms with Crippen LogP contribution in [0.3, 0.4) is 0 Å². The van der Waals surface area contributed by atoms with E-state index in [1.54, 1.807) is 0 Å². The van der Waals surface area contributed by atoms with Gasteiger partial charge in [0, 0.05) is 0 Å². The van der Waals surface area contributed by atoms with Crippen LogP contribution in [0.5, 0.6) is 0 Å². The number of oxime groups is 1. The van der Waals surface area contributed by atoms with Crippen molar-refractivity contribution >= 4 is 5.71 Å². The summed E-state index contributed by atoms with van der Waals surface area (Å²) in [5.41, 5.74) is 0.849. The molecule has 0 amide bonds. The highest BCUT2D eigenvalue weighted by Gasteiger charge is 2.29. The number of alkyl halides is 3. The maximum absolute atomic E-state index is 12.4. The Morgan fingerprint density at radius 1 is 1.15 bits per heavy atom. The Hall–Kier alpha value is -1.56. The molecule has 1 fully saturated rings. The van der Waals surface area contributed by atoms with Crippen LogP contribution in [-0.2, 0) is 17.5 Å². The summed E-state index contributed by atoms with van der Waals surface area (Å²) < 4.78 is 42.9. The van der Waals surface area contributed by atoms with Gasteiger partial charge in [-0.25, -0.2) is 0 Å². The summed E-state index contributed by atoms with van der Waals surface area (Å²) in [7, 11) is 0. The summed E-state index contributed by atoms with van der Waals surface area (Å²) >= 11 is 0. The molecule has 1 saturated carbocycles. The second-order valence-electron chi connectivity index (χ2n) is 4.87. The Morgan fingerprint density at radius 2 is 1.75 bits per heavy atom. The van der Waals surface area contributed by atoms with Crippen molar-refractivity contribution < 1.29 is 23.1 Å². The second kappa shape index (κ2) is 6.26. The molecule has 0 unspecified atom stereocenters. The van der Waals surface area contributed by atoms with Crippen LogP contribution in [-0.4, -0.2) is 17.0 Å². The standard InChI is InChI=1S/C14H16F3NO2/c15-14(16,17)11-3-1-10(2-4-11)9-20-13-7-5-12(18-19)6-8-13/h1-4,13,19H,5-9H2. The Labute approximate surface area is 115 Å². The first-order valence-electron chi connectivity index (χ1n) is 6.46. The number of benzene rings is 1. The van der Waals surface area contributed by atoms with Gasteiger partial charge in [-0.3, -0.25) is 0 Å². The first kappa shape index (κ1) is 14.8. The van der Waals surface area contributed by atoms with E-state index in [9.17, 15) is 13.2 Å². The molecule has 1 aromatic rings. The monoisotopic (exact) mass is 287 g/mol. The molecule has 110 valence electrons. The quantitative estimate of drug-likeness (QED) is 0.674. The summed E-state index contributed by atoms with van der Waals surface area (Å²) in [5.74, 6) is 0. The minimum absolute atomic E-state index is 0.0720. The molecule has 1 aliphatic carbocycles. The molecule has 0 heterocycles. The van der Waals surface area contributed by atoms with Gasteiger partial charge >= 0.3 is 6.18 Å². The van der Waals surface area contributed by atoms with Gasteiger partial charge in [0.25, 0.3) is 0 Å². The summed E-state index contributed by atoms with van der Waals surface area (Å²) in [6.45, 7) is 0.300. The molecule has 0 bridgehead atoms. The molecule has 6 heteroatoms. The van der Waals surface area contributed by atoms with E-state index in [2.05, 4.69) is 5.16 Å². The van der Waals surface area contributed by atoms with Crippen molar-refractivity contribution in [1.29, 1.82) is 0 Å².